The van der Waals surface area contributed by atoms with Gasteiger partial charge in [-0.25, -0.2) is 4.39 Å². The zero-order chi connectivity index (χ0) is 19.6. The molecule has 1 aliphatic rings. The largest absolute Gasteiger partial charge is 0.488 e. The van der Waals surface area contributed by atoms with Crippen LogP contribution in [-0.4, -0.2) is 50.3 Å². The van der Waals surface area contributed by atoms with Gasteiger partial charge in [-0.2, -0.15) is 5.10 Å². The highest BCUT2D eigenvalue weighted by molar-refractivity contribution is 5.92. The molecule has 3 N–H and O–H groups in total. The second kappa shape index (κ2) is 8.06. The highest BCUT2D eigenvalue weighted by Crippen LogP contribution is 2.25. The summed E-state index contributed by atoms with van der Waals surface area (Å²) in [5.41, 5.74) is 0.253. The summed E-state index contributed by atoms with van der Waals surface area (Å²) in [7, 11) is 0. The second-order valence-electron chi connectivity index (χ2n) is 7.03. The average molecular weight is 377 g/mol. The Kier molecular flexibility index (Phi) is 5.76. The van der Waals surface area contributed by atoms with E-state index in [-0.39, 0.29) is 17.5 Å². The molecule has 1 aromatic heterocycles. The summed E-state index contributed by atoms with van der Waals surface area (Å²) in [6.07, 6.45) is -0.562. The van der Waals surface area contributed by atoms with Gasteiger partial charge in [0.25, 0.3) is 5.91 Å². The maximum Gasteiger partial charge on any atom is 0.272 e. The van der Waals surface area contributed by atoms with E-state index >= 15 is 0 Å². The van der Waals surface area contributed by atoms with Gasteiger partial charge >= 0.3 is 0 Å². The maximum absolute atomic E-state index is 13.3. The lowest BCUT2D eigenvalue weighted by atomic mass is 9.87. The molecule has 1 aromatic carbocycles. The molecule has 146 valence electrons. The minimum atomic E-state index is -1.21. The monoisotopic (exact) mass is 377 g/mol. The normalized spacial score (nSPS) is 25.4. The molecule has 1 saturated carbocycles. The van der Waals surface area contributed by atoms with Crippen LogP contribution in [0.3, 0.4) is 0 Å². The molecule has 1 fully saturated rings. The van der Waals surface area contributed by atoms with Crippen LogP contribution >= 0.6 is 0 Å². The number of hydrogen-bond acceptors (Lipinski definition) is 5. The smallest absolute Gasteiger partial charge is 0.272 e. The van der Waals surface area contributed by atoms with E-state index in [0.29, 0.717) is 12.8 Å². The van der Waals surface area contributed by atoms with Crippen LogP contribution in [0.1, 0.15) is 43.2 Å². The third kappa shape index (κ3) is 4.45. The van der Waals surface area contributed by atoms with Gasteiger partial charge < -0.3 is 20.3 Å². The van der Waals surface area contributed by atoms with Crippen LogP contribution in [0.5, 0.6) is 5.75 Å². The Bertz CT molecular complexity index is 795. The van der Waals surface area contributed by atoms with Crippen LogP contribution in [0.15, 0.2) is 36.5 Å². The van der Waals surface area contributed by atoms with Crippen LogP contribution < -0.4 is 10.1 Å². The summed E-state index contributed by atoms with van der Waals surface area (Å²) >= 11 is 0. The summed E-state index contributed by atoms with van der Waals surface area (Å²) in [4.78, 5) is 12.4. The molecule has 7 nitrogen and oxygen atoms in total. The molecule has 1 aliphatic carbocycles. The van der Waals surface area contributed by atoms with Gasteiger partial charge in [-0.3, -0.25) is 9.48 Å². The predicted molar refractivity (Wildman–Crippen MR) is 95.9 cm³/mol. The van der Waals surface area contributed by atoms with Crippen molar-refractivity contribution >= 4 is 5.91 Å². The molecule has 2 aromatic rings. The fraction of sp³-hybridized carbons (Fsp3) is 0.474. The summed E-state index contributed by atoms with van der Waals surface area (Å²) in [5, 5.41) is 27.7. The van der Waals surface area contributed by atoms with E-state index in [2.05, 4.69) is 10.4 Å². The molecular formula is C19H24FN3O4. The zero-order valence-corrected chi connectivity index (χ0v) is 15.2. The van der Waals surface area contributed by atoms with E-state index in [4.69, 9.17) is 4.74 Å². The number of carbonyl (C=O) groups excluding carboxylic acids is 1. The Morgan fingerprint density at radius 1 is 1.30 bits per heavy atom. The van der Waals surface area contributed by atoms with Crippen molar-refractivity contribution in [3.63, 3.8) is 0 Å². The number of halogens is 1. The lowest BCUT2D eigenvalue weighted by Crippen LogP contribution is -2.57. The van der Waals surface area contributed by atoms with Crippen molar-refractivity contribution in [3.8, 4) is 5.75 Å². The minimum absolute atomic E-state index is 0.134. The molecule has 0 bridgehead atoms. The summed E-state index contributed by atoms with van der Waals surface area (Å²) in [6.45, 7) is 3.91. The van der Waals surface area contributed by atoms with Crippen molar-refractivity contribution in [1.82, 2.24) is 15.1 Å². The van der Waals surface area contributed by atoms with E-state index < -0.39 is 36.1 Å². The van der Waals surface area contributed by atoms with Crippen molar-refractivity contribution in [2.24, 2.45) is 0 Å². The molecule has 1 amide bonds. The van der Waals surface area contributed by atoms with Gasteiger partial charge in [0.2, 0.25) is 0 Å². The number of aliphatic hydroxyl groups excluding tert-OH is 2. The lowest BCUT2D eigenvalue weighted by molar-refractivity contribution is -0.0875. The van der Waals surface area contributed by atoms with Crippen molar-refractivity contribution in [2.75, 3.05) is 0 Å². The molecule has 27 heavy (non-hydrogen) atoms. The van der Waals surface area contributed by atoms with Gasteiger partial charge in [0.15, 0.2) is 0 Å². The standard InChI is InChI=1S/C19H24FN3O4/c1-11(2)23-9-8-15(22-23)19(26)21-14-6-7-16(18(25)17(14)24)27-13-5-3-4-12(20)10-13/h3-5,8-11,14,16-18,24-25H,6-7H2,1-2H3,(H,21,26)/t14-,16-,17+,18+/m1/s1. The Balaban J connectivity index is 1.60. The first-order valence-electron chi connectivity index (χ1n) is 8.99. The molecule has 8 heteroatoms. The number of carbonyl (C=O) groups is 1. The number of benzene rings is 1. The number of nitrogens with one attached hydrogen (secondary N) is 1. The van der Waals surface area contributed by atoms with Crippen LogP contribution in [0, 0.1) is 5.82 Å². The first-order valence-corrected chi connectivity index (χ1v) is 8.99. The minimum Gasteiger partial charge on any atom is -0.488 e. The molecule has 0 saturated heterocycles. The van der Waals surface area contributed by atoms with E-state index in [1.54, 1.807) is 23.0 Å². The van der Waals surface area contributed by atoms with Gasteiger partial charge in [0, 0.05) is 18.3 Å². The topological polar surface area (TPSA) is 96.6 Å². The zero-order valence-electron chi connectivity index (χ0n) is 15.2. The van der Waals surface area contributed by atoms with Gasteiger partial charge in [-0.15, -0.1) is 0 Å². The Labute approximate surface area is 156 Å². The molecule has 0 spiro atoms. The van der Waals surface area contributed by atoms with Crippen molar-refractivity contribution < 1.29 is 24.1 Å². The Morgan fingerprint density at radius 2 is 2.07 bits per heavy atom. The fourth-order valence-electron chi connectivity index (χ4n) is 3.13. The summed E-state index contributed by atoms with van der Waals surface area (Å²) < 4.78 is 20.5. The number of amides is 1. The molecule has 4 atom stereocenters. The summed E-state index contributed by atoms with van der Waals surface area (Å²) in [6, 6.07) is 6.73. The van der Waals surface area contributed by atoms with E-state index in [1.165, 1.54) is 18.2 Å². The fourth-order valence-corrected chi connectivity index (χ4v) is 3.13. The maximum atomic E-state index is 13.3. The number of rotatable bonds is 5. The van der Waals surface area contributed by atoms with E-state index in [9.17, 15) is 19.4 Å². The van der Waals surface area contributed by atoms with Crippen molar-refractivity contribution in [2.45, 2.75) is 57.1 Å². The van der Waals surface area contributed by atoms with Gasteiger partial charge in [-0.1, -0.05) is 6.07 Å². The number of aromatic nitrogens is 2. The molecule has 3 rings (SSSR count). The molecule has 1 heterocycles. The molecule has 0 radical (unpaired) electrons. The van der Waals surface area contributed by atoms with Crippen LogP contribution in [0.4, 0.5) is 4.39 Å². The van der Waals surface area contributed by atoms with E-state index in [1.807, 2.05) is 13.8 Å². The first-order chi connectivity index (χ1) is 12.8. The highest BCUT2D eigenvalue weighted by atomic mass is 19.1. The average Bonchev–Trinajstić information content (AvgIpc) is 3.12. The van der Waals surface area contributed by atoms with Crippen LogP contribution in [0.2, 0.25) is 0 Å². The number of aliphatic hydroxyl groups is 2. The van der Waals surface area contributed by atoms with Gasteiger partial charge in [0.05, 0.1) is 6.04 Å². The van der Waals surface area contributed by atoms with Gasteiger partial charge in [-0.05, 0) is 44.9 Å². The predicted octanol–water partition coefficient (Wildman–Crippen LogP) is 1.66. The molecule has 0 aliphatic heterocycles. The lowest BCUT2D eigenvalue weighted by Gasteiger charge is -2.37. The third-order valence-electron chi connectivity index (χ3n) is 4.68. The summed E-state index contributed by atoms with van der Waals surface area (Å²) in [5.74, 6) is -0.563. The number of nitrogens with zero attached hydrogens (tertiary/aromatic N) is 2. The van der Waals surface area contributed by atoms with Crippen LogP contribution in [-0.2, 0) is 0 Å². The van der Waals surface area contributed by atoms with E-state index in [0.717, 1.165) is 0 Å². The van der Waals surface area contributed by atoms with Gasteiger partial charge in [0.1, 0.15) is 35.6 Å². The molecular weight excluding hydrogens is 353 g/mol. The van der Waals surface area contributed by atoms with Crippen LogP contribution in [0.25, 0.3) is 0 Å². The highest BCUT2D eigenvalue weighted by Gasteiger charge is 2.39. The Morgan fingerprint density at radius 3 is 2.74 bits per heavy atom. The van der Waals surface area contributed by atoms with Crippen molar-refractivity contribution in [1.29, 1.82) is 0 Å². The SMILES string of the molecule is CC(C)n1ccc(C(=O)N[C@@H]2CC[C@@H](Oc3cccc(F)c3)[C@H](O)[C@H]2O)n1. The first kappa shape index (κ1) is 19.3. The number of hydrogen-bond donors (Lipinski definition) is 3. The Hall–Kier alpha value is -2.45. The van der Waals surface area contributed by atoms with Crippen molar-refractivity contribution in [3.05, 3.63) is 48.0 Å². The molecule has 0 unspecified atom stereocenters. The third-order valence-corrected chi connectivity index (χ3v) is 4.68. The number of ether oxygens (including phenoxy) is 1. The second-order valence-corrected chi connectivity index (χ2v) is 7.03. The quantitative estimate of drug-likeness (QED) is 0.737.